The fourth-order valence-corrected chi connectivity index (χ4v) is 5.87. The number of amides is 2. The molecule has 43 heavy (non-hydrogen) atoms. The van der Waals surface area contributed by atoms with E-state index in [-0.39, 0.29) is 50.5 Å². The third-order valence-corrected chi connectivity index (χ3v) is 8.42. The van der Waals surface area contributed by atoms with E-state index in [4.69, 9.17) is 9.47 Å². The Hall–Kier alpha value is -4.05. The van der Waals surface area contributed by atoms with Gasteiger partial charge in [-0.3, -0.25) is 13.9 Å². The number of aryl methyl sites for hydroxylation is 1. The van der Waals surface area contributed by atoms with E-state index >= 15 is 0 Å². The minimum absolute atomic E-state index is 0.0607. The van der Waals surface area contributed by atoms with E-state index in [9.17, 15) is 18.0 Å². The van der Waals surface area contributed by atoms with Gasteiger partial charge < -0.3 is 19.7 Å². The maximum absolute atomic E-state index is 14.0. The van der Waals surface area contributed by atoms with Gasteiger partial charge in [-0.2, -0.15) is 0 Å². The Labute approximate surface area is 254 Å². The summed E-state index contributed by atoms with van der Waals surface area (Å²) in [5.74, 6) is 0.846. The van der Waals surface area contributed by atoms with Gasteiger partial charge in [0.1, 0.15) is 6.04 Å². The van der Waals surface area contributed by atoms with Gasteiger partial charge in [0.2, 0.25) is 28.6 Å². The molecule has 0 aromatic heterocycles. The van der Waals surface area contributed by atoms with Crippen molar-refractivity contribution in [1.29, 1.82) is 0 Å². The van der Waals surface area contributed by atoms with E-state index in [1.54, 1.807) is 23.1 Å². The third-order valence-electron chi connectivity index (χ3n) is 7.23. The predicted molar refractivity (Wildman–Crippen MR) is 167 cm³/mol. The molecule has 0 bridgehead atoms. The van der Waals surface area contributed by atoms with Crippen molar-refractivity contribution in [3.05, 3.63) is 89.5 Å². The fraction of sp³-hybridized carbons (Fsp3) is 0.394. The van der Waals surface area contributed by atoms with E-state index in [0.717, 1.165) is 22.9 Å². The summed E-state index contributed by atoms with van der Waals surface area (Å²) >= 11 is 0. The van der Waals surface area contributed by atoms with Crippen LogP contribution in [0.1, 0.15) is 43.4 Å². The summed E-state index contributed by atoms with van der Waals surface area (Å²) in [6, 6.07) is 21.8. The molecule has 0 saturated carbocycles. The Bertz CT molecular complexity index is 1490. The quantitative estimate of drug-likeness (QED) is 0.285. The Morgan fingerprint density at radius 1 is 0.930 bits per heavy atom. The fourth-order valence-electron chi connectivity index (χ4n) is 4.91. The van der Waals surface area contributed by atoms with Crippen LogP contribution in [0.15, 0.2) is 72.8 Å². The number of fused-ring (bicyclic) bond motifs is 1. The molecule has 1 unspecified atom stereocenters. The average Bonchev–Trinajstić information content (AvgIpc) is 3.44. The molecule has 3 aromatic rings. The van der Waals surface area contributed by atoms with Gasteiger partial charge in [0.05, 0.1) is 11.9 Å². The molecule has 230 valence electrons. The van der Waals surface area contributed by atoms with Crippen LogP contribution in [-0.4, -0.2) is 57.3 Å². The van der Waals surface area contributed by atoms with Crippen molar-refractivity contribution >= 4 is 27.5 Å². The van der Waals surface area contributed by atoms with Crippen LogP contribution in [0.25, 0.3) is 0 Å². The molecule has 1 heterocycles. The van der Waals surface area contributed by atoms with Crippen molar-refractivity contribution < 1.29 is 27.5 Å². The summed E-state index contributed by atoms with van der Waals surface area (Å²) in [6.45, 7) is 6.96. The number of hydrogen-bond acceptors (Lipinski definition) is 6. The van der Waals surface area contributed by atoms with Crippen LogP contribution in [0.3, 0.4) is 0 Å². The number of carbonyl (C=O) groups excluding carboxylic acids is 2. The number of carbonyl (C=O) groups is 2. The number of nitrogens with one attached hydrogen (secondary N) is 1. The minimum Gasteiger partial charge on any atom is -0.454 e. The molecule has 4 rings (SSSR count). The van der Waals surface area contributed by atoms with Crippen molar-refractivity contribution in [2.24, 2.45) is 5.92 Å². The highest BCUT2D eigenvalue weighted by Crippen LogP contribution is 2.36. The van der Waals surface area contributed by atoms with Gasteiger partial charge in [-0.15, -0.1) is 0 Å². The molecule has 1 aliphatic heterocycles. The average molecular weight is 608 g/mol. The molecule has 0 saturated heterocycles. The molecule has 1 atom stereocenters. The second-order valence-corrected chi connectivity index (χ2v) is 13.2. The largest absolute Gasteiger partial charge is 0.454 e. The number of anilines is 1. The van der Waals surface area contributed by atoms with Crippen molar-refractivity contribution in [2.75, 3.05) is 30.4 Å². The van der Waals surface area contributed by atoms with Gasteiger partial charge in [0.15, 0.2) is 11.5 Å². The number of nitrogens with zero attached hydrogens (tertiary/aromatic N) is 2. The first-order valence-corrected chi connectivity index (χ1v) is 16.4. The highest BCUT2D eigenvalue weighted by molar-refractivity contribution is 7.92. The monoisotopic (exact) mass is 607 g/mol. The summed E-state index contributed by atoms with van der Waals surface area (Å²) in [5, 5.41) is 3.03. The van der Waals surface area contributed by atoms with Crippen LogP contribution >= 0.6 is 0 Å². The van der Waals surface area contributed by atoms with Crippen LogP contribution in [0, 0.1) is 12.8 Å². The Kier molecular flexibility index (Phi) is 10.7. The lowest BCUT2D eigenvalue weighted by molar-refractivity contribution is -0.141. The molecule has 0 fully saturated rings. The molecule has 2 amide bonds. The minimum atomic E-state index is -3.64. The molecule has 10 heteroatoms. The lowest BCUT2D eigenvalue weighted by Crippen LogP contribution is -2.51. The zero-order chi connectivity index (χ0) is 31.0. The van der Waals surface area contributed by atoms with Crippen LogP contribution in [0.2, 0.25) is 0 Å². The topological polar surface area (TPSA) is 105 Å². The summed E-state index contributed by atoms with van der Waals surface area (Å²) in [5.41, 5.74) is 3.39. The van der Waals surface area contributed by atoms with Gasteiger partial charge in [-0.25, -0.2) is 8.42 Å². The summed E-state index contributed by atoms with van der Waals surface area (Å²) in [4.78, 5) is 29.2. The van der Waals surface area contributed by atoms with E-state index in [2.05, 4.69) is 5.32 Å². The SMILES string of the molecule is Cc1ccc(CN(C(=O)CCCN(c2ccc3c(c2)OCO3)S(C)(=O)=O)C(Cc2ccccc2)C(=O)NCC(C)C)cc1. The van der Waals surface area contributed by atoms with E-state index in [1.165, 1.54) is 4.31 Å². The zero-order valence-electron chi connectivity index (χ0n) is 25.3. The van der Waals surface area contributed by atoms with Gasteiger partial charge in [0, 0.05) is 38.5 Å². The number of rotatable bonds is 14. The van der Waals surface area contributed by atoms with Crippen molar-refractivity contribution in [1.82, 2.24) is 10.2 Å². The van der Waals surface area contributed by atoms with E-state index in [1.807, 2.05) is 75.4 Å². The van der Waals surface area contributed by atoms with Gasteiger partial charge in [-0.05, 0) is 42.5 Å². The standard InChI is InChI=1S/C33H41N3O6S/c1-24(2)21-34-33(38)29(19-26-9-6-5-7-10-26)35(22-27-14-12-25(3)13-15-27)32(37)11-8-18-36(43(4,39)40)28-16-17-30-31(20-28)42-23-41-30/h5-7,9-10,12-17,20,24,29H,8,11,18-19,21-23H2,1-4H3,(H,34,38). The summed E-state index contributed by atoms with van der Waals surface area (Å²) < 4.78 is 37.5. The zero-order valence-corrected chi connectivity index (χ0v) is 26.1. The number of hydrogen-bond donors (Lipinski definition) is 1. The first kappa shape index (κ1) is 31.9. The second-order valence-electron chi connectivity index (χ2n) is 11.3. The Morgan fingerprint density at radius 3 is 2.30 bits per heavy atom. The molecular formula is C33H41N3O6S. The molecule has 1 N–H and O–H groups in total. The second kappa shape index (κ2) is 14.4. The molecule has 9 nitrogen and oxygen atoms in total. The van der Waals surface area contributed by atoms with Crippen LogP contribution in [0.4, 0.5) is 5.69 Å². The maximum atomic E-state index is 14.0. The molecular weight excluding hydrogens is 566 g/mol. The van der Waals surface area contributed by atoms with Crippen LogP contribution in [-0.2, 0) is 32.6 Å². The molecule has 1 aliphatic rings. The van der Waals surface area contributed by atoms with Crippen molar-refractivity contribution in [2.45, 2.75) is 52.6 Å². The Morgan fingerprint density at radius 2 is 1.63 bits per heavy atom. The molecule has 0 aliphatic carbocycles. The molecule has 0 radical (unpaired) electrons. The normalized spacial score (nSPS) is 13.0. The highest BCUT2D eigenvalue weighted by Gasteiger charge is 2.31. The highest BCUT2D eigenvalue weighted by atomic mass is 32.2. The number of benzene rings is 3. The van der Waals surface area contributed by atoms with Gasteiger partial charge in [0.25, 0.3) is 0 Å². The predicted octanol–water partition coefficient (Wildman–Crippen LogP) is 4.68. The summed E-state index contributed by atoms with van der Waals surface area (Å²) in [7, 11) is -3.64. The Balaban J connectivity index is 1.57. The van der Waals surface area contributed by atoms with Gasteiger partial charge >= 0.3 is 0 Å². The van der Waals surface area contributed by atoms with E-state index in [0.29, 0.717) is 30.2 Å². The van der Waals surface area contributed by atoms with Crippen LogP contribution < -0.4 is 19.1 Å². The van der Waals surface area contributed by atoms with Crippen molar-refractivity contribution in [3.8, 4) is 11.5 Å². The molecule has 0 spiro atoms. The van der Waals surface area contributed by atoms with Crippen LogP contribution in [0.5, 0.6) is 11.5 Å². The van der Waals surface area contributed by atoms with Gasteiger partial charge in [-0.1, -0.05) is 74.0 Å². The van der Waals surface area contributed by atoms with Crippen molar-refractivity contribution in [3.63, 3.8) is 0 Å². The third kappa shape index (κ3) is 8.97. The lowest BCUT2D eigenvalue weighted by Gasteiger charge is -2.32. The van der Waals surface area contributed by atoms with E-state index < -0.39 is 16.1 Å². The smallest absolute Gasteiger partial charge is 0.243 e. The number of sulfonamides is 1. The number of ether oxygens (including phenoxy) is 2. The first-order valence-electron chi connectivity index (χ1n) is 14.6. The summed E-state index contributed by atoms with van der Waals surface area (Å²) in [6.07, 6.45) is 1.81. The lowest BCUT2D eigenvalue weighted by atomic mass is 10.0. The molecule has 3 aromatic carbocycles. The first-order chi connectivity index (χ1) is 20.5. The maximum Gasteiger partial charge on any atom is 0.243 e.